The minimum atomic E-state index is -0.00679. The van der Waals surface area contributed by atoms with E-state index in [9.17, 15) is 4.79 Å². The molecule has 1 N–H and O–H groups in total. The lowest BCUT2D eigenvalue weighted by Gasteiger charge is -2.13. The molecule has 1 amide bonds. The number of carbonyl (C=O) groups is 1. The summed E-state index contributed by atoms with van der Waals surface area (Å²) in [6.45, 7) is 3.11. The number of hydrogen-bond acceptors (Lipinski definition) is 2. The van der Waals surface area contributed by atoms with Crippen LogP contribution in [0.4, 0.5) is 5.69 Å². The van der Waals surface area contributed by atoms with Gasteiger partial charge in [-0.2, -0.15) is 0 Å². The van der Waals surface area contributed by atoms with Gasteiger partial charge in [-0.05, 0) is 24.6 Å². The highest BCUT2D eigenvalue weighted by molar-refractivity contribution is 6.33. The van der Waals surface area contributed by atoms with Gasteiger partial charge in [-0.15, -0.1) is 0 Å². The third kappa shape index (κ3) is 5.41. The predicted molar refractivity (Wildman–Crippen MR) is 86.7 cm³/mol. The average Bonchev–Trinajstić information content (AvgIpc) is 2.43. The molecule has 0 atom stereocenters. The lowest BCUT2D eigenvalue weighted by atomic mass is 10.1. The summed E-state index contributed by atoms with van der Waals surface area (Å²) in [5.74, 6) is -0.00679. The van der Waals surface area contributed by atoms with Gasteiger partial charge in [0.2, 0.25) is 0 Å². The van der Waals surface area contributed by atoms with Crippen molar-refractivity contribution in [1.29, 1.82) is 0 Å². The number of nitrogens with one attached hydrogen (secondary N) is 1. The van der Waals surface area contributed by atoms with Crippen LogP contribution in [0, 0.1) is 0 Å². The Morgan fingerprint density at radius 1 is 1.20 bits per heavy atom. The first-order valence-electron chi connectivity index (χ1n) is 7.31. The molecule has 0 spiro atoms. The Labute approximate surface area is 127 Å². The second-order valence-electron chi connectivity index (χ2n) is 5.24. The molecular formula is C16H25ClN2O. The van der Waals surface area contributed by atoms with E-state index in [0.29, 0.717) is 10.6 Å². The minimum Gasteiger partial charge on any atom is -0.384 e. The molecular weight excluding hydrogens is 272 g/mol. The van der Waals surface area contributed by atoms with E-state index in [1.165, 1.54) is 25.7 Å². The number of amides is 1. The average molecular weight is 297 g/mol. The normalized spacial score (nSPS) is 10.4. The molecule has 1 aromatic carbocycles. The van der Waals surface area contributed by atoms with Gasteiger partial charge in [0.15, 0.2) is 0 Å². The first-order valence-corrected chi connectivity index (χ1v) is 7.69. The van der Waals surface area contributed by atoms with Gasteiger partial charge in [-0.3, -0.25) is 4.79 Å². The summed E-state index contributed by atoms with van der Waals surface area (Å²) in [4.78, 5) is 13.5. The summed E-state index contributed by atoms with van der Waals surface area (Å²) >= 11 is 6.16. The molecule has 3 nitrogen and oxygen atoms in total. The van der Waals surface area contributed by atoms with Crippen LogP contribution in [0.2, 0.25) is 5.02 Å². The van der Waals surface area contributed by atoms with Crippen molar-refractivity contribution in [3.63, 3.8) is 0 Å². The topological polar surface area (TPSA) is 32.3 Å². The molecule has 0 saturated carbocycles. The molecule has 0 bridgehead atoms. The van der Waals surface area contributed by atoms with Crippen LogP contribution in [0.3, 0.4) is 0 Å². The van der Waals surface area contributed by atoms with Gasteiger partial charge < -0.3 is 10.2 Å². The van der Waals surface area contributed by atoms with Crippen LogP contribution in [-0.2, 0) is 0 Å². The van der Waals surface area contributed by atoms with E-state index in [-0.39, 0.29) is 5.91 Å². The first kappa shape index (κ1) is 16.8. The van der Waals surface area contributed by atoms with Gasteiger partial charge in [0.25, 0.3) is 5.91 Å². The van der Waals surface area contributed by atoms with Gasteiger partial charge in [-0.25, -0.2) is 0 Å². The van der Waals surface area contributed by atoms with Crippen LogP contribution in [-0.4, -0.2) is 31.4 Å². The monoisotopic (exact) mass is 296 g/mol. The molecule has 112 valence electrons. The summed E-state index contributed by atoms with van der Waals surface area (Å²) in [6.07, 6.45) is 6.20. The second-order valence-corrected chi connectivity index (χ2v) is 5.64. The maximum atomic E-state index is 11.9. The molecule has 0 aromatic heterocycles. The highest BCUT2D eigenvalue weighted by Crippen LogP contribution is 2.23. The lowest BCUT2D eigenvalue weighted by molar-refractivity contribution is 0.0827. The fourth-order valence-corrected chi connectivity index (χ4v) is 2.19. The first-order chi connectivity index (χ1) is 9.56. The quantitative estimate of drug-likeness (QED) is 0.720. The molecule has 4 heteroatoms. The Morgan fingerprint density at radius 2 is 1.90 bits per heavy atom. The van der Waals surface area contributed by atoms with Crippen LogP contribution >= 0.6 is 11.6 Å². The van der Waals surface area contributed by atoms with Crippen LogP contribution in [0.1, 0.15) is 49.4 Å². The number of halogens is 1. The van der Waals surface area contributed by atoms with Crippen molar-refractivity contribution in [3.8, 4) is 0 Å². The van der Waals surface area contributed by atoms with Crippen molar-refractivity contribution in [1.82, 2.24) is 4.90 Å². The van der Waals surface area contributed by atoms with Gasteiger partial charge in [-0.1, -0.05) is 44.2 Å². The molecule has 0 heterocycles. The number of nitrogens with zero attached hydrogens (tertiary/aromatic N) is 1. The van der Waals surface area contributed by atoms with Gasteiger partial charge in [0, 0.05) is 26.2 Å². The molecule has 20 heavy (non-hydrogen) atoms. The fourth-order valence-electron chi connectivity index (χ4n) is 2.00. The third-order valence-corrected chi connectivity index (χ3v) is 3.54. The van der Waals surface area contributed by atoms with Crippen molar-refractivity contribution in [3.05, 3.63) is 28.8 Å². The standard InChI is InChI=1S/C16H25ClN2O/c1-4-5-6-7-8-11-18-15-12-13(9-10-14(15)17)16(20)19(2)3/h9-10,12,18H,4-8,11H2,1-3H3. The van der Waals surface area contributed by atoms with E-state index in [4.69, 9.17) is 11.6 Å². The SMILES string of the molecule is CCCCCCCNc1cc(C(=O)N(C)C)ccc1Cl. The Morgan fingerprint density at radius 3 is 2.55 bits per heavy atom. The number of benzene rings is 1. The van der Waals surface area contributed by atoms with Crippen molar-refractivity contribution in [2.75, 3.05) is 26.0 Å². The smallest absolute Gasteiger partial charge is 0.253 e. The van der Waals surface area contributed by atoms with Crippen LogP contribution in [0.5, 0.6) is 0 Å². The molecule has 0 aliphatic rings. The molecule has 0 aliphatic heterocycles. The molecule has 0 unspecified atom stereocenters. The van der Waals surface area contributed by atoms with E-state index in [1.807, 2.05) is 6.07 Å². The molecule has 0 aliphatic carbocycles. The van der Waals surface area contributed by atoms with Crippen LogP contribution < -0.4 is 5.32 Å². The summed E-state index contributed by atoms with van der Waals surface area (Å²) < 4.78 is 0. The van der Waals surface area contributed by atoms with E-state index in [2.05, 4.69) is 12.2 Å². The molecule has 0 radical (unpaired) electrons. The maximum Gasteiger partial charge on any atom is 0.253 e. The Hall–Kier alpha value is -1.22. The van der Waals surface area contributed by atoms with E-state index in [0.717, 1.165) is 18.7 Å². The predicted octanol–water partition coefficient (Wildman–Crippen LogP) is 4.42. The van der Waals surface area contributed by atoms with Gasteiger partial charge >= 0.3 is 0 Å². The van der Waals surface area contributed by atoms with Crippen molar-refractivity contribution < 1.29 is 4.79 Å². The molecule has 1 rings (SSSR count). The Balaban J connectivity index is 2.52. The molecule has 0 saturated heterocycles. The summed E-state index contributed by atoms with van der Waals surface area (Å²) in [5, 5.41) is 3.98. The largest absolute Gasteiger partial charge is 0.384 e. The Kier molecular flexibility index (Phi) is 7.45. The number of unbranched alkanes of at least 4 members (excludes halogenated alkanes) is 4. The zero-order valence-electron chi connectivity index (χ0n) is 12.7. The number of hydrogen-bond donors (Lipinski definition) is 1. The van der Waals surface area contributed by atoms with Crippen molar-refractivity contribution in [2.45, 2.75) is 39.0 Å². The highest BCUT2D eigenvalue weighted by Gasteiger charge is 2.10. The summed E-state index contributed by atoms with van der Waals surface area (Å²) in [7, 11) is 3.50. The zero-order chi connectivity index (χ0) is 15.0. The molecule has 0 fully saturated rings. The van der Waals surface area contributed by atoms with E-state index in [1.54, 1.807) is 31.1 Å². The summed E-state index contributed by atoms with van der Waals surface area (Å²) in [5.41, 5.74) is 1.50. The minimum absolute atomic E-state index is 0.00679. The fraction of sp³-hybridized carbons (Fsp3) is 0.562. The zero-order valence-corrected chi connectivity index (χ0v) is 13.5. The van der Waals surface area contributed by atoms with Crippen LogP contribution in [0.25, 0.3) is 0 Å². The molecule has 1 aromatic rings. The third-order valence-electron chi connectivity index (χ3n) is 3.22. The van der Waals surface area contributed by atoms with E-state index < -0.39 is 0 Å². The number of anilines is 1. The number of carbonyl (C=O) groups excluding carboxylic acids is 1. The number of rotatable bonds is 8. The highest BCUT2D eigenvalue weighted by atomic mass is 35.5. The second kappa shape index (κ2) is 8.85. The van der Waals surface area contributed by atoms with Gasteiger partial charge in [0.05, 0.1) is 10.7 Å². The van der Waals surface area contributed by atoms with Crippen molar-refractivity contribution >= 4 is 23.2 Å². The lowest BCUT2D eigenvalue weighted by Crippen LogP contribution is -2.21. The maximum absolute atomic E-state index is 11.9. The summed E-state index contributed by atoms with van der Waals surface area (Å²) in [6, 6.07) is 5.37. The van der Waals surface area contributed by atoms with Crippen LogP contribution in [0.15, 0.2) is 18.2 Å². The van der Waals surface area contributed by atoms with E-state index >= 15 is 0 Å². The Bertz CT molecular complexity index is 432. The van der Waals surface area contributed by atoms with Gasteiger partial charge in [0.1, 0.15) is 0 Å². The van der Waals surface area contributed by atoms with Crippen molar-refractivity contribution in [2.24, 2.45) is 0 Å².